The average molecular weight is 556 g/mol. The number of rotatable bonds is 9. The van der Waals surface area contributed by atoms with E-state index in [9.17, 15) is 9.59 Å². The molecule has 0 aliphatic carbocycles. The molecule has 0 saturated carbocycles. The van der Waals surface area contributed by atoms with Crippen LogP contribution in [0.1, 0.15) is 30.1 Å². The molecule has 0 aliphatic rings. The molecule has 1 N–H and O–H groups in total. The van der Waals surface area contributed by atoms with Gasteiger partial charge in [-0.3, -0.25) is 9.59 Å². The van der Waals surface area contributed by atoms with Crippen LogP contribution in [0, 0.1) is 0 Å². The summed E-state index contributed by atoms with van der Waals surface area (Å²) >= 11 is 18.7. The Kier molecular flexibility index (Phi) is 8.87. The molecule has 6 nitrogen and oxygen atoms in total. The van der Waals surface area contributed by atoms with E-state index in [4.69, 9.17) is 39.9 Å². The van der Waals surface area contributed by atoms with Crippen LogP contribution in [0.15, 0.2) is 78.9 Å². The maximum atomic E-state index is 13.3. The second kappa shape index (κ2) is 12.3. The molecule has 0 bridgehead atoms. The van der Waals surface area contributed by atoms with Crippen molar-refractivity contribution in [1.29, 1.82) is 0 Å². The Labute approximate surface area is 230 Å². The number of hydrogen-bond donors (Lipinski definition) is 1. The fourth-order valence-electron chi connectivity index (χ4n) is 3.84. The number of benzene rings is 3. The molecule has 3 aromatic carbocycles. The van der Waals surface area contributed by atoms with Crippen molar-refractivity contribution in [2.24, 2.45) is 0 Å². The van der Waals surface area contributed by atoms with Gasteiger partial charge in [0, 0.05) is 33.8 Å². The number of nitrogens with one attached hydrogen (secondary N) is 1. The summed E-state index contributed by atoms with van der Waals surface area (Å²) in [6.07, 6.45) is 1.60. The van der Waals surface area contributed by atoms with Crippen LogP contribution in [0.2, 0.25) is 15.1 Å². The zero-order chi connectivity index (χ0) is 26.4. The van der Waals surface area contributed by atoms with Gasteiger partial charge in [0.25, 0.3) is 5.91 Å². The largest absolute Gasteiger partial charge is 0.329 e. The number of para-hydroxylation sites is 1. The molecule has 9 heteroatoms. The number of hydrogen-bond acceptors (Lipinski definition) is 3. The van der Waals surface area contributed by atoms with E-state index < -0.39 is 0 Å². The van der Waals surface area contributed by atoms with Crippen LogP contribution in [-0.2, 0) is 4.79 Å². The predicted molar refractivity (Wildman–Crippen MR) is 150 cm³/mol. The van der Waals surface area contributed by atoms with E-state index in [1.54, 1.807) is 35.0 Å². The molecule has 190 valence electrons. The standard InChI is InChI=1S/C28H25Cl3N4O2/c1-2-3-13-34(28(37)20-14-21(29)16-22(30)15-20)18-27(36)32-26-17-24(19-9-5-4-6-10-19)33-35(26)25-12-8-7-11-23(25)31/h4-12,14-17H,2-3,13,18H2,1H3,(H,32,36). The molecule has 37 heavy (non-hydrogen) atoms. The normalized spacial score (nSPS) is 10.8. The fourth-order valence-corrected chi connectivity index (χ4v) is 4.59. The molecule has 2 amide bonds. The van der Waals surface area contributed by atoms with Crippen molar-refractivity contribution >= 4 is 52.4 Å². The van der Waals surface area contributed by atoms with Gasteiger partial charge in [-0.15, -0.1) is 0 Å². The summed E-state index contributed by atoms with van der Waals surface area (Å²) in [7, 11) is 0. The van der Waals surface area contributed by atoms with E-state index in [0.29, 0.717) is 44.4 Å². The Morgan fingerprint density at radius 3 is 2.27 bits per heavy atom. The van der Waals surface area contributed by atoms with E-state index in [2.05, 4.69) is 5.32 Å². The van der Waals surface area contributed by atoms with Crippen molar-refractivity contribution in [2.45, 2.75) is 19.8 Å². The second-order valence-corrected chi connectivity index (χ2v) is 9.71. The van der Waals surface area contributed by atoms with E-state index in [1.807, 2.05) is 55.5 Å². The lowest BCUT2D eigenvalue weighted by Crippen LogP contribution is -2.39. The first-order valence-corrected chi connectivity index (χ1v) is 12.9. The van der Waals surface area contributed by atoms with Gasteiger partial charge < -0.3 is 10.2 Å². The van der Waals surface area contributed by atoms with Crippen molar-refractivity contribution in [1.82, 2.24) is 14.7 Å². The number of carbonyl (C=O) groups is 2. The van der Waals surface area contributed by atoms with Crippen molar-refractivity contribution in [3.8, 4) is 16.9 Å². The maximum Gasteiger partial charge on any atom is 0.254 e. The summed E-state index contributed by atoms with van der Waals surface area (Å²) in [6, 6.07) is 23.3. The summed E-state index contributed by atoms with van der Waals surface area (Å²) in [5.41, 5.74) is 2.51. The van der Waals surface area contributed by atoms with Gasteiger partial charge in [-0.1, -0.05) is 90.6 Å². The zero-order valence-corrected chi connectivity index (χ0v) is 22.4. The summed E-state index contributed by atoms with van der Waals surface area (Å²) in [5.74, 6) is -0.256. The first-order chi connectivity index (χ1) is 17.9. The van der Waals surface area contributed by atoms with Crippen molar-refractivity contribution in [3.63, 3.8) is 0 Å². The molecule has 0 atom stereocenters. The molecule has 0 fully saturated rings. The van der Waals surface area contributed by atoms with Gasteiger partial charge in [0.05, 0.1) is 16.4 Å². The first kappa shape index (κ1) is 26.7. The van der Waals surface area contributed by atoms with Crippen LogP contribution in [0.25, 0.3) is 16.9 Å². The number of anilines is 1. The van der Waals surface area contributed by atoms with Gasteiger partial charge in [0.15, 0.2) is 0 Å². The number of halogens is 3. The highest BCUT2D eigenvalue weighted by atomic mass is 35.5. The number of nitrogens with zero attached hydrogens (tertiary/aromatic N) is 3. The zero-order valence-electron chi connectivity index (χ0n) is 20.1. The van der Waals surface area contributed by atoms with Crippen LogP contribution in [0.5, 0.6) is 0 Å². The topological polar surface area (TPSA) is 67.2 Å². The van der Waals surface area contributed by atoms with Crippen LogP contribution >= 0.6 is 34.8 Å². The third-order valence-corrected chi connectivity index (χ3v) is 6.40. The van der Waals surface area contributed by atoms with Gasteiger partial charge in [-0.25, -0.2) is 4.68 Å². The molecule has 1 aromatic heterocycles. The lowest BCUT2D eigenvalue weighted by molar-refractivity contribution is -0.116. The van der Waals surface area contributed by atoms with Crippen LogP contribution < -0.4 is 5.32 Å². The average Bonchev–Trinajstić information content (AvgIpc) is 3.29. The first-order valence-electron chi connectivity index (χ1n) is 11.8. The molecule has 0 aliphatic heterocycles. The quantitative estimate of drug-likeness (QED) is 0.234. The van der Waals surface area contributed by atoms with E-state index in [0.717, 1.165) is 18.4 Å². The highest BCUT2D eigenvalue weighted by molar-refractivity contribution is 6.35. The number of amides is 2. The lowest BCUT2D eigenvalue weighted by atomic mass is 10.1. The molecular weight excluding hydrogens is 531 g/mol. The predicted octanol–water partition coefficient (Wildman–Crippen LogP) is 7.38. The van der Waals surface area contributed by atoms with Crippen molar-refractivity contribution in [3.05, 3.63) is 99.5 Å². The third-order valence-electron chi connectivity index (χ3n) is 5.64. The highest BCUT2D eigenvalue weighted by Gasteiger charge is 2.21. The minimum absolute atomic E-state index is 0.155. The Hall–Kier alpha value is -3.32. The molecule has 4 rings (SSSR count). The van der Waals surface area contributed by atoms with E-state index in [-0.39, 0.29) is 18.4 Å². The summed E-state index contributed by atoms with van der Waals surface area (Å²) in [6.45, 7) is 2.27. The molecule has 4 aromatic rings. The summed E-state index contributed by atoms with van der Waals surface area (Å²) in [4.78, 5) is 28.0. The van der Waals surface area contributed by atoms with E-state index >= 15 is 0 Å². The van der Waals surface area contributed by atoms with Gasteiger partial charge >= 0.3 is 0 Å². The Morgan fingerprint density at radius 1 is 0.919 bits per heavy atom. The van der Waals surface area contributed by atoms with Crippen molar-refractivity contribution in [2.75, 3.05) is 18.4 Å². The molecule has 0 saturated heterocycles. The Bertz CT molecular complexity index is 1390. The fraction of sp³-hybridized carbons (Fsp3) is 0.179. The van der Waals surface area contributed by atoms with Crippen molar-refractivity contribution < 1.29 is 9.59 Å². The highest BCUT2D eigenvalue weighted by Crippen LogP contribution is 2.28. The monoisotopic (exact) mass is 554 g/mol. The minimum atomic E-state index is -0.370. The molecule has 0 spiro atoms. The Morgan fingerprint density at radius 2 is 1.59 bits per heavy atom. The van der Waals surface area contributed by atoms with Gasteiger partial charge in [-0.05, 0) is 36.8 Å². The molecular formula is C28H25Cl3N4O2. The summed E-state index contributed by atoms with van der Waals surface area (Å²) in [5, 5.41) is 8.82. The van der Waals surface area contributed by atoms with Gasteiger partial charge in [0.2, 0.25) is 5.91 Å². The number of unbranched alkanes of at least 4 members (excludes halogenated alkanes) is 1. The SMILES string of the molecule is CCCCN(CC(=O)Nc1cc(-c2ccccc2)nn1-c1ccccc1Cl)C(=O)c1cc(Cl)cc(Cl)c1. The smallest absolute Gasteiger partial charge is 0.254 e. The maximum absolute atomic E-state index is 13.3. The summed E-state index contributed by atoms with van der Waals surface area (Å²) < 4.78 is 1.59. The number of carbonyl (C=O) groups excluding carboxylic acids is 2. The van der Waals surface area contributed by atoms with Gasteiger partial charge in [-0.2, -0.15) is 5.10 Å². The third kappa shape index (κ3) is 6.72. The van der Waals surface area contributed by atoms with Gasteiger partial charge in [0.1, 0.15) is 12.4 Å². The lowest BCUT2D eigenvalue weighted by Gasteiger charge is -2.22. The van der Waals surface area contributed by atoms with E-state index in [1.165, 1.54) is 4.90 Å². The minimum Gasteiger partial charge on any atom is -0.329 e. The van der Waals surface area contributed by atoms with Crippen LogP contribution in [0.3, 0.4) is 0 Å². The van der Waals surface area contributed by atoms with Crippen LogP contribution in [0.4, 0.5) is 5.82 Å². The second-order valence-electron chi connectivity index (χ2n) is 8.43. The number of aromatic nitrogens is 2. The molecule has 1 heterocycles. The Balaban J connectivity index is 1.62. The van der Waals surface area contributed by atoms with Crippen LogP contribution in [-0.4, -0.2) is 39.6 Å². The molecule has 0 radical (unpaired) electrons. The molecule has 0 unspecified atom stereocenters.